The minimum absolute atomic E-state index is 0.141. The van der Waals surface area contributed by atoms with E-state index in [0.717, 1.165) is 10.5 Å². The molecule has 0 N–H and O–H groups in total. The molecule has 29 heavy (non-hydrogen) atoms. The van der Waals surface area contributed by atoms with E-state index < -0.39 is 10.0 Å². The Hall–Kier alpha value is -2.62. The molecule has 0 fully saturated rings. The summed E-state index contributed by atoms with van der Waals surface area (Å²) in [5, 5.41) is 5.74. The third-order valence-electron chi connectivity index (χ3n) is 4.36. The molecule has 2 heterocycles. The number of thioether (sulfide) groups is 1. The molecule has 0 saturated heterocycles. The van der Waals surface area contributed by atoms with Gasteiger partial charge in [0.2, 0.25) is 5.82 Å². The maximum atomic E-state index is 13.2. The van der Waals surface area contributed by atoms with Crippen LogP contribution in [0, 0.1) is 0 Å². The highest BCUT2D eigenvalue weighted by atomic mass is 32.2. The number of nitrogens with zero attached hydrogens (tertiary/aromatic N) is 3. The summed E-state index contributed by atoms with van der Waals surface area (Å²) in [5.74, 6) is 0.602. The van der Waals surface area contributed by atoms with E-state index in [1.807, 2.05) is 36.6 Å². The Balaban J connectivity index is 1.68. The molecule has 0 atom stereocenters. The van der Waals surface area contributed by atoms with Crippen LogP contribution in [-0.2, 0) is 10.0 Å². The van der Waals surface area contributed by atoms with Crippen molar-refractivity contribution in [3.8, 4) is 22.2 Å². The van der Waals surface area contributed by atoms with E-state index in [0.29, 0.717) is 16.4 Å². The highest BCUT2D eigenvalue weighted by molar-refractivity contribution is 7.98. The molecule has 148 valence electrons. The second-order valence-electron chi connectivity index (χ2n) is 6.07. The molecule has 2 aromatic heterocycles. The molecular weight excluding hydrogens is 426 g/mol. The van der Waals surface area contributed by atoms with Crippen LogP contribution in [0.5, 0.6) is 0 Å². The summed E-state index contributed by atoms with van der Waals surface area (Å²) in [7, 11) is -2.25. The fourth-order valence-corrected chi connectivity index (χ4v) is 5.67. The number of hydrogen-bond acceptors (Lipinski definition) is 7. The SMILES string of the molecule is CSc1ccc(-c2noc(-c3sccc3S(=O)(=O)N(C)c3ccccc3)n2)cc1. The smallest absolute Gasteiger partial charge is 0.269 e. The van der Waals surface area contributed by atoms with Gasteiger partial charge in [0.15, 0.2) is 0 Å². The Morgan fingerprint density at radius 2 is 1.76 bits per heavy atom. The number of aromatic nitrogens is 2. The maximum Gasteiger partial charge on any atom is 0.269 e. The zero-order valence-electron chi connectivity index (χ0n) is 15.6. The fraction of sp³-hybridized carbons (Fsp3) is 0.100. The third kappa shape index (κ3) is 3.81. The number of thiophene rings is 1. The van der Waals surface area contributed by atoms with Gasteiger partial charge < -0.3 is 4.52 Å². The second-order valence-corrected chi connectivity index (χ2v) is 9.81. The molecule has 4 rings (SSSR count). The highest BCUT2D eigenvalue weighted by Crippen LogP contribution is 2.35. The van der Waals surface area contributed by atoms with Crippen molar-refractivity contribution in [1.82, 2.24) is 10.1 Å². The average Bonchev–Trinajstić information content (AvgIpc) is 3.43. The van der Waals surface area contributed by atoms with E-state index in [9.17, 15) is 8.42 Å². The van der Waals surface area contributed by atoms with Crippen LogP contribution < -0.4 is 4.31 Å². The molecule has 0 bridgehead atoms. The maximum absolute atomic E-state index is 13.2. The van der Waals surface area contributed by atoms with E-state index in [1.54, 1.807) is 47.5 Å². The van der Waals surface area contributed by atoms with Gasteiger partial charge in [-0.2, -0.15) is 4.98 Å². The normalized spacial score (nSPS) is 11.5. The predicted octanol–water partition coefficient (Wildman–Crippen LogP) is 5.01. The lowest BCUT2D eigenvalue weighted by atomic mass is 10.2. The van der Waals surface area contributed by atoms with Gasteiger partial charge in [0, 0.05) is 17.5 Å². The van der Waals surface area contributed by atoms with Gasteiger partial charge in [-0.1, -0.05) is 23.4 Å². The van der Waals surface area contributed by atoms with Crippen molar-refractivity contribution in [2.45, 2.75) is 9.79 Å². The van der Waals surface area contributed by atoms with E-state index in [-0.39, 0.29) is 10.8 Å². The van der Waals surface area contributed by atoms with Crippen LogP contribution >= 0.6 is 23.1 Å². The lowest BCUT2D eigenvalue weighted by Gasteiger charge is -2.19. The molecule has 0 spiro atoms. The lowest BCUT2D eigenvalue weighted by Crippen LogP contribution is -2.26. The molecule has 0 amide bonds. The standard InChI is InChI=1S/C20H17N3O3S3/c1-23(15-6-4-3-5-7-15)29(24,25)17-12-13-28-18(17)20-21-19(22-26-20)14-8-10-16(27-2)11-9-14/h3-13H,1-2H3. The van der Waals surface area contributed by atoms with Gasteiger partial charge in [0.05, 0.1) is 5.69 Å². The first-order valence-corrected chi connectivity index (χ1v) is 12.1. The first-order chi connectivity index (χ1) is 14.0. The summed E-state index contributed by atoms with van der Waals surface area (Å²) in [6.07, 6.45) is 2.01. The number of hydrogen-bond donors (Lipinski definition) is 0. The number of anilines is 1. The molecule has 9 heteroatoms. The zero-order chi connectivity index (χ0) is 20.4. The first kappa shape index (κ1) is 19.7. The van der Waals surface area contributed by atoms with E-state index in [4.69, 9.17) is 4.52 Å². The Bertz CT molecular complexity index is 1220. The molecule has 4 aromatic rings. The zero-order valence-corrected chi connectivity index (χ0v) is 18.1. The fourth-order valence-electron chi connectivity index (χ4n) is 2.75. The Kier molecular flexibility index (Phi) is 5.44. The third-order valence-corrected chi connectivity index (χ3v) is 7.96. The van der Waals surface area contributed by atoms with Gasteiger partial charge in [-0.05, 0) is 54.1 Å². The van der Waals surface area contributed by atoms with Gasteiger partial charge in [-0.3, -0.25) is 4.31 Å². The number of benzene rings is 2. The van der Waals surface area contributed by atoms with Crippen molar-refractivity contribution < 1.29 is 12.9 Å². The summed E-state index contributed by atoms with van der Waals surface area (Å²) in [5.41, 5.74) is 1.38. The second kappa shape index (κ2) is 8.02. The van der Waals surface area contributed by atoms with Crippen LogP contribution in [0.1, 0.15) is 0 Å². The van der Waals surface area contributed by atoms with Crippen LogP contribution in [0.2, 0.25) is 0 Å². The first-order valence-electron chi connectivity index (χ1n) is 8.60. The molecule has 2 aromatic carbocycles. The molecule has 0 radical (unpaired) electrons. The van der Waals surface area contributed by atoms with Crippen molar-refractivity contribution in [2.24, 2.45) is 0 Å². The molecule has 0 aliphatic carbocycles. The monoisotopic (exact) mass is 443 g/mol. The Morgan fingerprint density at radius 1 is 1.03 bits per heavy atom. The minimum Gasteiger partial charge on any atom is -0.333 e. The molecule has 6 nitrogen and oxygen atoms in total. The molecule has 0 saturated carbocycles. The number of para-hydroxylation sites is 1. The Morgan fingerprint density at radius 3 is 2.45 bits per heavy atom. The average molecular weight is 444 g/mol. The largest absolute Gasteiger partial charge is 0.333 e. The van der Waals surface area contributed by atoms with Gasteiger partial charge in [0.25, 0.3) is 15.9 Å². The minimum atomic E-state index is -3.78. The van der Waals surface area contributed by atoms with Gasteiger partial charge in [-0.15, -0.1) is 23.1 Å². The van der Waals surface area contributed by atoms with Gasteiger partial charge in [-0.25, -0.2) is 8.42 Å². The topological polar surface area (TPSA) is 76.3 Å². The molecule has 0 aliphatic heterocycles. The van der Waals surface area contributed by atoms with E-state index in [2.05, 4.69) is 10.1 Å². The summed E-state index contributed by atoms with van der Waals surface area (Å²) >= 11 is 2.90. The Labute approximate surface area is 177 Å². The van der Waals surface area contributed by atoms with Crippen LogP contribution in [0.3, 0.4) is 0 Å². The number of rotatable bonds is 6. The lowest BCUT2D eigenvalue weighted by molar-refractivity contribution is 0.432. The quantitative estimate of drug-likeness (QED) is 0.390. The molecular formula is C20H17N3O3S3. The van der Waals surface area contributed by atoms with Crippen LogP contribution in [-0.4, -0.2) is 31.9 Å². The van der Waals surface area contributed by atoms with Crippen molar-refractivity contribution in [2.75, 3.05) is 17.6 Å². The van der Waals surface area contributed by atoms with Crippen molar-refractivity contribution >= 4 is 38.8 Å². The molecule has 0 aliphatic rings. The summed E-state index contributed by atoms with van der Waals surface area (Å²) in [6, 6.07) is 18.3. The predicted molar refractivity (Wildman–Crippen MR) is 117 cm³/mol. The van der Waals surface area contributed by atoms with Crippen molar-refractivity contribution in [3.05, 3.63) is 66.0 Å². The molecule has 0 unspecified atom stereocenters. The van der Waals surface area contributed by atoms with Gasteiger partial charge >= 0.3 is 0 Å². The number of sulfonamides is 1. The summed E-state index contributed by atoms with van der Waals surface area (Å²) in [6.45, 7) is 0. The highest BCUT2D eigenvalue weighted by Gasteiger charge is 2.28. The van der Waals surface area contributed by atoms with Crippen molar-refractivity contribution in [1.29, 1.82) is 0 Å². The van der Waals surface area contributed by atoms with Crippen molar-refractivity contribution in [3.63, 3.8) is 0 Å². The summed E-state index contributed by atoms with van der Waals surface area (Å²) < 4.78 is 33.0. The summed E-state index contributed by atoms with van der Waals surface area (Å²) in [4.78, 5) is 6.12. The van der Waals surface area contributed by atoms with Gasteiger partial charge in [0.1, 0.15) is 9.77 Å². The van der Waals surface area contributed by atoms with Crippen LogP contribution in [0.4, 0.5) is 5.69 Å². The van der Waals surface area contributed by atoms with Crippen LogP contribution in [0.25, 0.3) is 22.2 Å². The van der Waals surface area contributed by atoms with Crippen LogP contribution in [0.15, 0.2) is 80.4 Å². The van der Waals surface area contributed by atoms with E-state index >= 15 is 0 Å². The van der Waals surface area contributed by atoms with E-state index in [1.165, 1.54) is 22.7 Å².